The molecule has 5 aromatic rings. The van der Waals surface area contributed by atoms with Crippen LogP contribution in [0.4, 0.5) is 17.5 Å². The van der Waals surface area contributed by atoms with Crippen LogP contribution in [0.25, 0.3) is 32.9 Å². The molecule has 3 heterocycles. The van der Waals surface area contributed by atoms with E-state index in [9.17, 15) is 0 Å². The van der Waals surface area contributed by atoms with Gasteiger partial charge in [0.05, 0.1) is 22.9 Å². The third-order valence-electron chi connectivity index (χ3n) is 5.48. The number of aryl methyl sites for hydroxylation is 3. The van der Waals surface area contributed by atoms with Crippen LogP contribution in [0.15, 0.2) is 54.9 Å². The molecular formula is C24H23N7. The van der Waals surface area contributed by atoms with Crippen LogP contribution >= 0.6 is 0 Å². The van der Waals surface area contributed by atoms with Crippen molar-refractivity contribution >= 4 is 39.3 Å². The summed E-state index contributed by atoms with van der Waals surface area (Å²) in [7, 11) is 3.80. The summed E-state index contributed by atoms with van der Waals surface area (Å²) < 4.78 is 1.94. The minimum Gasteiger partial charge on any atom is -0.357 e. The van der Waals surface area contributed by atoms with E-state index in [-0.39, 0.29) is 0 Å². The fourth-order valence-corrected chi connectivity index (χ4v) is 3.92. The first-order chi connectivity index (χ1) is 15.0. The van der Waals surface area contributed by atoms with E-state index in [0.29, 0.717) is 5.95 Å². The summed E-state index contributed by atoms with van der Waals surface area (Å²) in [4.78, 5) is 13.3. The van der Waals surface area contributed by atoms with E-state index < -0.39 is 0 Å². The van der Waals surface area contributed by atoms with Gasteiger partial charge in [-0.25, -0.2) is 9.97 Å². The van der Waals surface area contributed by atoms with E-state index >= 15 is 0 Å². The molecule has 0 aliphatic heterocycles. The molecule has 3 aromatic heterocycles. The molecule has 0 bridgehead atoms. The summed E-state index contributed by atoms with van der Waals surface area (Å²) in [6, 6.07) is 14.6. The van der Waals surface area contributed by atoms with Gasteiger partial charge in [-0.2, -0.15) is 5.10 Å². The zero-order chi connectivity index (χ0) is 21.5. The second kappa shape index (κ2) is 7.36. The lowest BCUT2D eigenvalue weighted by atomic mass is 9.96. The molecule has 0 saturated carbocycles. The topological polar surface area (TPSA) is 80.5 Å². The van der Waals surface area contributed by atoms with E-state index in [0.717, 1.165) is 50.1 Å². The molecule has 0 radical (unpaired) electrons. The molecular weight excluding hydrogens is 386 g/mol. The number of nitrogens with zero attached hydrogens (tertiary/aromatic N) is 5. The molecule has 0 amide bonds. The van der Waals surface area contributed by atoms with E-state index in [1.54, 1.807) is 0 Å². The van der Waals surface area contributed by atoms with Crippen molar-refractivity contribution in [3.05, 3.63) is 66.1 Å². The Hall–Kier alpha value is -4.00. The van der Waals surface area contributed by atoms with Gasteiger partial charge in [-0.15, -0.1) is 0 Å². The molecule has 2 aromatic carbocycles. The Morgan fingerprint density at radius 2 is 1.81 bits per heavy atom. The van der Waals surface area contributed by atoms with Crippen LogP contribution in [0, 0.1) is 13.8 Å². The maximum atomic E-state index is 4.76. The molecule has 0 aliphatic carbocycles. The first-order valence-electron chi connectivity index (χ1n) is 10.1. The first kappa shape index (κ1) is 19.0. The Morgan fingerprint density at radius 1 is 0.935 bits per heavy atom. The molecule has 2 N–H and O–H groups in total. The average molecular weight is 409 g/mol. The van der Waals surface area contributed by atoms with Crippen LogP contribution in [0.2, 0.25) is 0 Å². The van der Waals surface area contributed by atoms with Gasteiger partial charge in [-0.3, -0.25) is 9.67 Å². The first-order valence-corrected chi connectivity index (χ1v) is 10.1. The fourth-order valence-electron chi connectivity index (χ4n) is 3.92. The highest BCUT2D eigenvalue weighted by molar-refractivity contribution is 6.03. The van der Waals surface area contributed by atoms with E-state index in [4.69, 9.17) is 5.10 Å². The highest BCUT2D eigenvalue weighted by Crippen LogP contribution is 2.36. The Balaban J connectivity index is 1.65. The Labute approximate surface area is 180 Å². The molecule has 0 fully saturated rings. The van der Waals surface area contributed by atoms with Crippen LogP contribution in [0.1, 0.15) is 11.3 Å². The lowest BCUT2D eigenvalue weighted by Gasteiger charge is -2.11. The highest BCUT2D eigenvalue weighted by atomic mass is 15.3. The van der Waals surface area contributed by atoms with Gasteiger partial charge in [0.25, 0.3) is 0 Å². The minimum absolute atomic E-state index is 0.617. The van der Waals surface area contributed by atoms with Gasteiger partial charge in [0.2, 0.25) is 5.95 Å². The maximum absolute atomic E-state index is 4.76. The van der Waals surface area contributed by atoms with Gasteiger partial charge >= 0.3 is 0 Å². The van der Waals surface area contributed by atoms with E-state index in [2.05, 4.69) is 56.8 Å². The van der Waals surface area contributed by atoms with Crippen molar-refractivity contribution in [2.75, 3.05) is 17.7 Å². The van der Waals surface area contributed by atoms with Crippen molar-refractivity contribution in [1.82, 2.24) is 24.7 Å². The van der Waals surface area contributed by atoms with Crippen LogP contribution in [-0.2, 0) is 7.05 Å². The SMILES string of the molecule is CNc1ncc2cc(-c3c(C)ccc4c(Nc5ccc(C)nc5)nn(C)c34)ccc2n1. The maximum Gasteiger partial charge on any atom is 0.222 e. The summed E-state index contributed by atoms with van der Waals surface area (Å²) in [5, 5.41) is 13.2. The molecule has 5 rings (SSSR count). The molecule has 7 heteroatoms. The molecule has 154 valence electrons. The van der Waals surface area contributed by atoms with Crippen molar-refractivity contribution in [3.63, 3.8) is 0 Å². The molecule has 0 spiro atoms. The molecule has 0 unspecified atom stereocenters. The minimum atomic E-state index is 0.617. The van der Waals surface area contributed by atoms with Gasteiger partial charge in [-0.1, -0.05) is 12.1 Å². The lowest BCUT2D eigenvalue weighted by molar-refractivity contribution is 0.801. The summed E-state index contributed by atoms with van der Waals surface area (Å²) in [5.74, 6) is 1.43. The molecule has 0 atom stereocenters. The molecule has 0 saturated heterocycles. The zero-order valence-corrected chi connectivity index (χ0v) is 17.9. The van der Waals surface area contributed by atoms with Crippen LogP contribution < -0.4 is 10.6 Å². The summed E-state index contributed by atoms with van der Waals surface area (Å²) in [5.41, 5.74) is 7.34. The van der Waals surface area contributed by atoms with Crippen molar-refractivity contribution in [2.45, 2.75) is 13.8 Å². The van der Waals surface area contributed by atoms with Gasteiger partial charge in [0.15, 0.2) is 5.82 Å². The number of anilines is 3. The van der Waals surface area contributed by atoms with Crippen LogP contribution in [-0.4, -0.2) is 31.8 Å². The van der Waals surface area contributed by atoms with Crippen LogP contribution in [0.3, 0.4) is 0 Å². The fraction of sp³-hybridized carbons (Fsp3) is 0.167. The van der Waals surface area contributed by atoms with Gasteiger partial charge < -0.3 is 10.6 Å². The zero-order valence-electron chi connectivity index (χ0n) is 17.9. The predicted octanol–water partition coefficient (Wildman–Crippen LogP) is 4.98. The van der Waals surface area contributed by atoms with Gasteiger partial charge in [0, 0.05) is 42.3 Å². The van der Waals surface area contributed by atoms with Crippen molar-refractivity contribution < 1.29 is 0 Å². The second-order valence-corrected chi connectivity index (χ2v) is 7.66. The number of benzene rings is 2. The Kier molecular flexibility index (Phi) is 4.51. The number of fused-ring (bicyclic) bond motifs is 2. The number of pyridine rings is 1. The smallest absolute Gasteiger partial charge is 0.222 e. The quantitative estimate of drug-likeness (QED) is 0.436. The largest absolute Gasteiger partial charge is 0.357 e. The third kappa shape index (κ3) is 3.34. The number of nitrogens with one attached hydrogen (secondary N) is 2. The number of rotatable bonds is 4. The van der Waals surface area contributed by atoms with Crippen molar-refractivity contribution in [3.8, 4) is 11.1 Å². The number of aromatic nitrogens is 5. The molecule has 7 nitrogen and oxygen atoms in total. The number of hydrogen-bond acceptors (Lipinski definition) is 6. The predicted molar refractivity (Wildman–Crippen MR) is 126 cm³/mol. The van der Waals surface area contributed by atoms with Gasteiger partial charge in [-0.05, 0) is 55.3 Å². The summed E-state index contributed by atoms with van der Waals surface area (Å²) >= 11 is 0. The average Bonchev–Trinajstić information content (AvgIpc) is 3.09. The highest BCUT2D eigenvalue weighted by Gasteiger charge is 2.16. The Bertz CT molecular complexity index is 1420. The summed E-state index contributed by atoms with van der Waals surface area (Å²) in [6.45, 7) is 4.10. The standard InChI is InChI=1S/C24H23N7/c1-14-5-9-19-22(31(4)30-23(19)28-18-8-6-15(2)26-13-18)21(14)16-7-10-20-17(11-16)12-27-24(25-3)29-20/h5-13H,1-4H3,(H,28,30)(H,25,27,29). The third-order valence-corrected chi connectivity index (χ3v) is 5.48. The number of hydrogen-bond donors (Lipinski definition) is 2. The normalized spacial score (nSPS) is 11.2. The monoisotopic (exact) mass is 409 g/mol. The van der Waals surface area contributed by atoms with Crippen molar-refractivity contribution in [2.24, 2.45) is 7.05 Å². The van der Waals surface area contributed by atoms with E-state index in [1.165, 1.54) is 5.56 Å². The molecule has 0 aliphatic rings. The van der Waals surface area contributed by atoms with Crippen LogP contribution in [0.5, 0.6) is 0 Å². The lowest BCUT2D eigenvalue weighted by Crippen LogP contribution is -1.97. The molecule has 31 heavy (non-hydrogen) atoms. The Morgan fingerprint density at radius 3 is 2.58 bits per heavy atom. The summed E-state index contributed by atoms with van der Waals surface area (Å²) in [6.07, 6.45) is 3.68. The van der Waals surface area contributed by atoms with Crippen molar-refractivity contribution in [1.29, 1.82) is 0 Å². The second-order valence-electron chi connectivity index (χ2n) is 7.66. The van der Waals surface area contributed by atoms with E-state index in [1.807, 2.05) is 56.3 Å². The van der Waals surface area contributed by atoms with Gasteiger partial charge in [0.1, 0.15) is 0 Å².